The minimum absolute atomic E-state index is 0.174. The number of ketones is 1. The lowest BCUT2D eigenvalue weighted by Crippen LogP contribution is -2.02. The number of allylic oxidation sites excluding steroid dienone is 1. The van der Waals surface area contributed by atoms with Crippen LogP contribution in [0, 0.1) is 18.3 Å². The zero-order valence-corrected chi connectivity index (χ0v) is 16.3. The van der Waals surface area contributed by atoms with Gasteiger partial charge in [0.25, 0.3) is 0 Å². The van der Waals surface area contributed by atoms with E-state index in [-0.39, 0.29) is 5.78 Å². The van der Waals surface area contributed by atoms with Crippen molar-refractivity contribution in [1.29, 1.82) is 0 Å². The van der Waals surface area contributed by atoms with E-state index in [1.807, 2.05) is 24.3 Å². The average Bonchev–Trinajstić information content (AvgIpc) is 3.12. The summed E-state index contributed by atoms with van der Waals surface area (Å²) < 4.78 is 0. The Kier molecular flexibility index (Phi) is 5.72. The van der Waals surface area contributed by atoms with Crippen molar-refractivity contribution < 1.29 is 4.79 Å². The normalized spacial score (nSPS) is 13.3. The molecule has 0 aromatic heterocycles. The van der Waals surface area contributed by atoms with Crippen molar-refractivity contribution in [2.75, 3.05) is 0 Å². The molecule has 0 amide bonds. The van der Waals surface area contributed by atoms with Gasteiger partial charge in [0.1, 0.15) is 5.78 Å². The van der Waals surface area contributed by atoms with Crippen molar-refractivity contribution in [3.05, 3.63) is 76.4 Å². The fourth-order valence-electron chi connectivity index (χ4n) is 3.38. The lowest BCUT2D eigenvalue weighted by molar-refractivity contribution is -0.116. The van der Waals surface area contributed by atoms with Crippen molar-refractivity contribution in [2.45, 2.75) is 40.0 Å². The van der Waals surface area contributed by atoms with E-state index in [0.717, 1.165) is 46.5 Å². The highest BCUT2D eigenvalue weighted by Gasteiger charge is 2.14. The zero-order chi connectivity index (χ0) is 19.4. The summed E-state index contributed by atoms with van der Waals surface area (Å²) in [5.74, 6) is 3.58. The fourth-order valence-corrected chi connectivity index (χ4v) is 3.38. The van der Waals surface area contributed by atoms with E-state index in [2.05, 4.69) is 44.0 Å². The van der Waals surface area contributed by atoms with Gasteiger partial charge in [-0.15, -0.1) is 6.42 Å². The average molecular weight is 355 g/mol. The molecule has 0 spiro atoms. The molecule has 0 N–H and O–H groups in total. The number of aliphatic imine (C=N–C) groups is 1. The predicted octanol–water partition coefficient (Wildman–Crippen LogP) is 5.23. The highest BCUT2D eigenvalue weighted by molar-refractivity contribution is 6.07. The van der Waals surface area contributed by atoms with Gasteiger partial charge in [0.2, 0.25) is 0 Å². The van der Waals surface area contributed by atoms with E-state index in [1.54, 1.807) is 6.92 Å². The van der Waals surface area contributed by atoms with Gasteiger partial charge in [-0.2, -0.15) is 0 Å². The summed E-state index contributed by atoms with van der Waals surface area (Å²) in [4.78, 5) is 16.1. The van der Waals surface area contributed by atoms with Crippen LogP contribution in [0.25, 0.3) is 5.70 Å². The van der Waals surface area contributed by atoms with E-state index < -0.39 is 0 Å². The lowest BCUT2D eigenvalue weighted by atomic mass is 9.95. The molecule has 0 radical (unpaired) electrons. The van der Waals surface area contributed by atoms with Crippen LogP contribution in [-0.2, 0) is 17.6 Å². The number of hydrogen-bond acceptors (Lipinski definition) is 2. The third kappa shape index (κ3) is 4.63. The molecule has 2 nitrogen and oxygen atoms in total. The van der Waals surface area contributed by atoms with Crippen molar-refractivity contribution in [3.8, 4) is 12.3 Å². The highest BCUT2D eigenvalue weighted by atomic mass is 16.1. The molecule has 1 heterocycles. The van der Waals surface area contributed by atoms with Gasteiger partial charge in [-0.3, -0.25) is 9.79 Å². The topological polar surface area (TPSA) is 29.4 Å². The quantitative estimate of drug-likeness (QED) is 0.652. The lowest BCUT2D eigenvalue weighted by Gasteiger charge is -2.10. The summed E-state index contributed by atoms with van der Waals surface area (Å²) in [6, 6.07) is 14.4. The predicted molar refractivity (Wildman–Crippen MR) is 113 cm³/mol. The van der Waals surface area contributed by atoms with Gasteiger partial charge in [-0.25, -0.2) is 0 Å². The summed E-state index contributed by atoms with van der Waals surface area (Å²) >= 11 is 0. The Bertz CT molecular complexity index is 953. The molecule has 2 aromatic rings. The molecular formula is C25H25NO. The molecule has 0 atom stereocenters. The van der Waals surface area contributed by atoms with Crippen molar-refractivity contribution in [2.24, 2.45) is 10.9 Å². The summed E-state index contributed by atoms with van der Waals surface area (Å²) in [5, 5.41) is 0. The molecule has 0 fully saturated rings. The molecule has 2 heteroatoms. The Morgan fingerprint density at radius 1 is 1.15 bits per heavy atom. The van der Waals surface area contributed by atoms with Crippen LogP contribution in [0.2, 0.25) is 0 Å². The Hall–Kier alpha value is -2.92. The largest absolute Gasteiger partial charge is 0.300 e. The van der Waals surface area contributed by atoms with Crippen LogP contribution in [0.4, 0.5) is 0 Å². The summed E-state index contributed by atoms with van der Waals surface area (Å²) in [6.45, 7) is 6.02. The minimum Gasteiger partial charge on any atom is -0.300 e. The fraction of sp³-hybridized carbons (Fsp3) is 0.280. The first-order chi connectivity index (χ1) is 13.0. The molecule has 0 saturated carbocycles. The number of hydrogen-bond donors (Lipinski definition) is 0. The number of carbonyl (C=O) groups is 1. The molecule has 3 rings (SSSR count). The van der Waals surface area contributed by atoms with Gasteiger partial charge in [-0.05, 0) is 47.6 Å². The van der Waals surface area contributed by atoms with Crippen LogP contribution in [0.3, 0.4) is 0 Å². The number of terminal acetylenes is 1. The minimum atomic E-state index is 0.174. The molecule has 1 aliphatic rings. The van der Waals surface area contributed by atoms with Crippen molar-refractivity contribution in [3.63, 3.8) is 0 Å². The monoisotopic (exact) mass is 355 g/mol. The second-order valence-corrected chi connectivity index (χ2v) is 7.54. The second kappa shape index (κ2) is 8.18. The van der Waals surface area contributed by atoms with Gasteiger partial charge in [-0.1, -0.05) is 62.2 Å². The molecule has 0 unspecified atom stereocenters. The highest BCUT2D eigenvalue weighted by Crippen LogP contribution is 2.26. The van der Waals surface area contributed by atoms with Crippen molar-refractivity contribution in [1.82, 2.24) is 0 Å². The maximum absolute atomic E-state index is 11.2. The Morgan fingerprint density at radius 2 is 1.85 bits per heavy atom. The number of benzene rings is 2. The summed E-state index contributed by atoms with van der Waals surface area (Å²) in [5.41, 5.74) is 7.42. The maximum atomic E-state index is 11.2. The third-order valence-corrected chi connectivity index (χ3v) is 4.67. The first-order valence-electron chi connectivity index (χ1n) is 9.42. The van der Waals surface area contributed by atoms with E-state index in [1.165, 1.54) is 5.56 Å². The second-order valence-electron chi connectivity index (χ2n) is 7.54. The van der Waals surface area contributed by atoms with Gasteiger partial charge < -0.3 is 0 Å². The molecule has 1 aliphatic heterocycles. The van der Waals surface area contributed by atoms with E-state index in [0.29, 0.717) is 12.3 Å². The Morgan fingerprint density at radius 3 is 2.48 bits per heavy atom. The van der Waals surface area contributed by atoms with Crippen LogP contribution in [0.5, 0.6) is 0 Å². The van der Waals surface area contributed by atoms with Crippen LogP contribution in [-0.4, -0.2) is 11.5 Å². The van der Waals surface area contributed by atoms with Gasteiger partial charge in [0, 0.05) is 18.4 Å². The third-order valence-electron chi connectivity index (χ3n) is 4.67. The number of nitrogens with zero attached hydrogens (tertiary/aromatic N) is 1. The van der Waals surface area contributed by atoms with Gasteiger partial charge in [0.15, 0.2) is 0 Å². The molecule has 0 aliphatic carbocycles. The van der Waals surface area contributed by atoms with Crippen LogP contribution in [0.15, 0.2) is 53.5 Å². The van der Waals surface area contributed by atoms with Gasteiger partial charge in [0.05, 0.1) is 11.4 Å². The summed E-state index contributed by atoms with van der Waals surface area (Å²) in [6.07, 6.45) is 10.1. The molecule has 0 saturated heterocycles. The van der Waals surface area contributed by atoms with Gasteiger partial charge >= 0.3 is 0 Å². The smallest absolute Gasteiger partial charge is 0.134 e. The molecule has 27 heavy (non-hydrogen) atoms. The van der Waals surface area contributed by atoms with E-state index in [4.69, 9.17) is 11.4 Å². The van der Waals surface area contributed by atoms with Crippen LogP contribution in [0.1, 0.15) is 55.0 Å². The SMILES string of the molecule is C#Cc1cc(C2=NC(c3ccc(CC(C)=O)cc3)=CC2)ccc1CC(C)C. The number of rotatable bonds is 6. The number of Topliss-reactive ketones (excluding diaryl/α,β-unsaturated/α-hetero) is 1. The molecular weight excluding hydrogens is 330 g/mol. The van der Waals surface area contributed by atoms with Crippen LogP contribution < -0.4 is 0 Å². The Balaban J connectivity index is 1.80. The first-order valence-corrected chi connectivity index (χ1v) is 9.42. The van der Waals surface area contributed by atoms with Crippen LogP contribution >= 0.6 is 0 Å². The number of carbonyl (C=O) groups excluding carboxylic acids is 1. The van der Waals surface area contributed by atoms with E-state index in [9.17, 15) is 4.79 Å². The maximum Gasteiger partial charge on any atom is 0.134 e. The zero-order valence-electron chi connectivity index (χ0n) is 16.3. The first kappa shape index (κ1) is 18.9. The Labute approximate surface area is 162 Å². The molecule has 136 valence electrons. The molecule has 0 bridgehead atoms. The van der Waals surface area contributed by atoms with E-state index >= 15 is 0 Å². The summed E-state index contributed by atoms with van der Waals surface area (Å²) in [7, 11) is 0. The van der Waals surface area contributed by atoms with Crippen molar-refractivity contribution >= 4 is 17.2 Å². The molecule has 2 aromatic carbocycles. The standard InChI is InChI=1S/C25H25NO/c1-5-20-16-23(11-10-22(20)14-17(2)3)25-13-12-24(26-25)21-8-6-19(7-9-21)15-18(4)27/h1,6-12,16-17H,13-15H2,2-4H3.